The molecule has 1 saturated heterocycles. The van der Waals surface area contributed by atoms with Crippen molar-refractivity contribution in [3.8, 4) is 5.88 Å². The Bertz CT molecular complexity index is 1040. The summed E-state index contributed by atoms with van der Waals surface area (Å²) in [4.78, 5) is 22.7. The molecular formula is C22H23FN6OS. The Morgan fingerprint density at radius 1 is 1.00 bits per heavy atom. The fraction of sp³-hybridized carbons (Fsp3) is 0.364. The molecule has 5 rings (SSSR count). The van der Waals surface area contributed by atoms with Gasteiger partial charge in [0.15, 0.2) is 5.82 Å². The SMILES string of the molecule is CSc1ccc(N2CCc3c(OC4CCN(c5ncc(F)cn5)CC4)ncnc32)cc1. The standard InChI is InChI=1S/C22H23FN6OS/c1-31-18-4-2-16(3-5-18)29-11-8-19-20(29)26-14-27-21(19)30-17-6-9-28(10-7-17)22-24-12-15(23)13-25-22/h2-5,12-14,17H,6-11H2,1H3. The molecule has 0 bridgehead atoms. The van der Waals surface area contributed by atoms with Crippen LogP contribution in [0.2, 0.25) is 0 Å². The lowest BCUT2D eigenvalue weighted by atomic mass is 10.1. The lowest BCUT2D eigenvalue weighted by Crippen LogP contribution is -2.39. The molecule has 7 nitrogen and oxygen atoms in total. The number of hydrogen-bond acceptors (Lipinski definition) is 8. The number of thioether (sulfide) groups is 1. The Labute approximate surface area is 184 Å². The topological polar surface area (TPSA) is 67.3 Å². The van der Waals surface area contributed by atoms with Crippen LogP contribution >= 0.6 is 11.8 Å². The number of nitrogens with zero attached hydrogens (tertiary/aromatic N) is 6. The van der Waals surface area contributed by atoms with Gasteiger partial charge in [-0.05, 0) is 36.9 Å². The van der Waals surface area contributed by atoms with Crippen LogP contribution in [0.3, 0.4) is 0 Å². The third kappa shape index (κ3) is 4.14. The van der Waals surface area contributed by atoms with Crippen molar-refractivity contribution < 1.29 is 9.13 Å². The number of benzene rings is 1. The van der Waals surface area contributed by atoms with Gasteiger partial charge in [-0.25, -0.2) is 24.3 Å². The average molecular weight is 439 g/mol. The van der Waals surface area contributed by atoms with E-state index < -0.39 is 5.82 Å². The van der Waals surface area contributed by atoms with Gasteiger partial charge in [0.25, 0.3) is 0 Å². The predicted octanol–water partition coefficient (Wildman–Crippen LogP) is 3.87. The van der Waals surface area contributed by atoms with E-state index in [0.29, 0.717) is 11.8 Å². The molecule has 0 amide bonds. The molecule has 0 atom stereocenters. The van der Waals surface area contributed by atoms with Crippen molar-refractivity contribution >= 4 is 29.2 Å². The lowest BCUT2D eigenvalue weighted by Gasteiger charge is -2.32. The summed E-state index contributed by atoms with van der Waals surface area (Å²) in [6, 6.07) is 8.54. The Balaban J connectivity index is 1.26. The van der Waals surface area contributed by atoms with Crippen LogP contribution in [0.15, 0.2) is 47.9 Å². The van der Waals surface area contributed by atoms with E-state index in [2.05, 4.69) is 60.3 Å². The molecule has 2 aromatic heterocycles. The number of hydrogen-bond donors (Lipinski definition) is 0. The highest BCUT2D eigenvalue weighted by Gasteiger charge is 2.29. The molecule has 31 heavy (non-hydrogen) atoms. The highest BCUT2D eigenvalue weighted by molar-refractivity contribution is 7.98. The fourth-order valence-electron chi connectivity index (χ4n) is 4.08. The Morgan fingerprint density at radius 3 is 2.45 bits per heavy atom. The third-order valence-electron chi connectivity index (χ3n) is 5.72. The predicted molar refractivity (Wildman–Crippen MR) is 119 cm³/mol. The molecular weight excluding hydrogens is 415 g/mol. The second-order valence-corrected chi connectivity index (χ2v) is 8.47. The monoisotopic (exact) mass is 438 g/mol. The zero-order chi connectivity index (χ0) is 21.2. The van der Waals surface area contributed by atoms with Gasteiger partial charge in [-0.2, -0.15) is 0 Å². The molecule has 0 radical (unpaired) electrons. The maximum Gasteiger partial charge on any atom is 0.225 e. The number of aromatic nitrogens is 4. The van der Waals surface area contributed by atoms with Crippen LogP contribution in [0.5, 0.6) is 5.88 Å². The quantitative estimate of drug-likeness (QED) is 0.556. The van der Waals surface area contributed by atoms with Gasteiger partial charge < -0.3 is 14.5 Å². The summed E-state index contributed by atoms with van der Waals surface area (Å²) in [5.74, 6) is 1.75. The molecule has 2 aliphatic heterocycles. The first kappa shape index (κ1) is 20.0. The van der Waals surface area contributed by atoms with Crippen molar-refractivity contribution in [2.24, 2.45) is 0 Å². The van der Waals surface area contributed by atoms with Crippen LogP contribution in [0, 0.1) is 5.82 Å². The average Bonchev–Trinajstić information content (AvgIpc) is 3.25. The van der Waals surface area contributed by atoms with E-state index in [4.69, 9.17) is 4.74 Å². The highest BCUT2D eigenvalue weighted by atomic mass is 32.2. The first-order valence-electron chi connectivity index (χ1n) is 10.4. The smallest absolute Gasteiger partial charge is 0.225 e. The van der Waals surface area contributed by atoms with Gasteiger partial charge in [0.2, 0.25) is 11.8 Å². The van der Waals surface area contributed by atoms with Gasteiger partial charge in [0.1, 0.15) is 18.2 Å². The van der Waals surface area contributed by atoms with Crippen LogP contribution in [-0.4, -0.2) is 51.9 Å². The van der Waals surface area contributed by atoms with E-state index in [1.54, 1.807) is 18.1 Å². The Kier molecular flexibility index (Phi) is 5.59. The van der Waals surface area contributed by atoms with Gasteiger partial charge in [-0.1, -0.05) is 0 Å². The first-order valence-corrected chi connectivity index (χ1v) is 11.6. The molecule has 160 valence electrons. The number of piperidine rings is 1. The van der Waals surface area contributed by atoms with E-state index in [1.807, 2.05) is 0 Å². The summed E-state index contributed by atoms with van der Waals surface area (Å²) >= 11 is 1.73. The van der Waals surface area contributed by atoms with Gasteiger partial charge in [0, 0.05) is 43.1 Å². The molecule has 0 unspecified atom stereocenters. The molecule has 4 heterocycles. The van der Waals surface area contributed by atoms with Gasteiger partial charge in [-0.15, -0.1) is 11.8 Å². The number of halogens is 1. The minimum atomic E-state index is -0.422. The summed E-state index contributed by atoms with van der Waals surface area (Å²) in [6.07, 6.45) is 8.67. The number of anilines is 3. The Morgan fingerprint density at radius 2 is 1.74 bits per heavy atom. The summed E-state index contributed by atoms with van der Waals surface area (Å²) in [5, 5.41) is 0. The zero-order valence-electron chi connectivity index (χ0n) is 17.2. The molecule has 0 spiro atoms. The molecule has 1 aromatic carbocycles. The van der Waals surface area contributed by atoms with Crippen LogP contribution in [-0.2, 0) is 6.42 Å². The molecule has 2 aliphatic rings. The van der Waals surface area contributed by atoms with Gasteiger partial charge in [-0.3, -0.25) is 0 Å². The second-order valence-electron chi connectivity index (χ2n) is 7.59. The molecule has 0 N–H and O–H groups in total. The van der Waals surface area contributed by atoms with Crippen LogP contribution in [0.1, 0.15) is 18.4 Å². The van der Waals surface area contributed by atoms with Gasteiger partial charge in [0.05, 0.1) is 18.0 Å². The van der Waals surface area contributed by atoms with E-state index >= 15 is 0 Å². The second kappa shape index (κ2) is 8.66. The molecule has 9 heteroatoms. The number of rotatable bonds is 5. The highest BCUT2D eigenvalue weighted by Crippen LogP contribution is 2.37. The molecule has 1 fully saturated rings. The largest absolute Gasteiger partial charge is 0.474 e. The van der Waals surface area contributed by atoms with E-state index in [-0.39, 0.29) is 6.10 Å². The third-order valence-corrected chi connectivity index (χ3v) is 6.46. The van der Waals surface area contributed by atoms with E-state index in [9.17, 15) is 4.39 Å². The summed E-state index contributed by atoms with van der Waals surface area (Å²) < 4.78 is 19.4. The maximum atomic E-state index is 13.1. The zero-order valence-corrected chi connectivity index (χ0v) is 18.1. The van der Waals surface area contributed by atoms with Crippen LogP contribution in [0.4, 0.5) is 21.8 Å². The van der Waals surface area contributed by atoms with Crippen molar-refractivity contribution in [1.82, 2.24) is 19.9 Å². The van der Waals surface area contributed by atoms with E-state index in [0.717, 1.165) is 56.0 Å². The van der Waals surface area contributed by atoms with Crippen molar-refractivity contribution in [1.29, 1.82) is 0 Å². The van der Waals surface area contributed by atoms with Crippen LogP contribution < -0.4 is 14.5 Å². The minimum absolute atomic E-state index is 0.0746. The molecule has 3 aromatic rings. The normalized spacial score (nSPS) is 16.5. The molecule has 0 aliphatic carbocycles. The first-order chi connectivity index (χ1) is 15.2. The lowest BCUT2D eigenvalue weighted by molar-refractivity contribution is 0.162. The number of fused-ring (bicyclic) bond motifs is 1. The van der Waals surface area contributed by atoms with Gasteiger partial charge >= 0.3 is 0 Å². The molecule has 0 saturated carbocycles. The summed E-state index contributed by atoms with van der Waals surface area (Å²) in [6.45, 7) is 2.39. The summed E-state index contributed by atoms with van der Waals surface area (Å²) in [5.41, 5.74) is 2.20. The maximum absolute atomic E-state index is 13.1. The number of ether oxygens (including phenoxy) is 1. The fourth-order valence-corrected chi connectivity index (χ4v) is 4.49. The van der Waals surface area contributed by atoms with Crippen LogP contribution in [0.25, 0.3) is 0 Å². The van der Waals surface area contributed by atoms with Crippen molar-refractivity contribution in [3.63, 3.8) is 0 Å². The Hall–Kier alpha value is -2.94. The van der Waals surface area contributed by atoms with Crippen molar-refractivity contribution in [2.45, 2.75) is 30.3 Å². The van der Waals surface area contributed by atoms with Crippen molar-refractivity contribution in [3.05, 3.63) is 54.4 Å². The van der Waals surface area contributed by atoms with E-state index in [1.165, 1.54) is 17.3 Å². The summed E-state index contributed by atoms with van der Waals surface area (Å²) in [7, 11) is 0. The minimum Gasteiger partial charge on any atom is -0.474 e. The van der Waals surface area contributed by atoms with Crippen molar-refractivity contribution in [2.75, 3.05) is 35.7 Å².